The van der Waals surface area contributed by atoms with Gasteiger partial charge in [-0.15, -0.1) is 0 Å². The number of rotatable bonds is 10. The monoisotopic (exact) mass is 484 g/mol. The van der Waals surface area contributed by atoms with Crippen molar-refractivity contribution in [3.8, 4) is 5.06 Å². The number of aryl methyl sites for hydroxylation is 1. The van der Waals surface area contributed by atoms with Gasteiger partial charge in [0.2, 0.25) is 5.06 Å². The second-order valence-electron chi connectivity index (χ2n) is 6.84. The van der Waals surface area contributed by atoms with E-state index in [9.17, 15) is 9.36 Å². The highest BCUT2D eigenvalue weighted by molar-refractivity contribution is 7.51. The fourth-order valence-electron chi connectivity index (χ4n) is 3.13. The summed E-state index contributed by atoms with van der Waals surface area (Å²) in [5.74, 6) is 1.65. The Kier molecular flexibility index (Phi) is 8.55. The lowest BCUT2D eigenvalue weighted by Crippen LogP contribution is -2.45. The van der Waals surface area contributed by atoms with E-state index in [1.807, 2.05) is 13.0 Å². The first-order valence-electron chi connectivity index (χ1n) is 10.6. The van der Waals surface area contributed by atoms with Crippen molar-refractivity contribution in [1.29, 1.82) is 0 Å². The van der Waals surface area contributed by atoms with Crippen LogP contribution in [0.15, 0.2) is 12.3 Å². The highest BCUT2D eigenvalue weighted by Gasteiger charge is 2.35. The van der Waals surface area contributed by atoms with E-state index in [0.29, 0.717) is 67.7 Å². The van der Waals surface area contributed by atoms with Crippen molar-refractivity contribution >= 4 is 41.8 Å². The maximum absolute atomic E-state index is 13.0. The summed E-state index contributed by atoms with van der Waals surface area (Å²) >= 11 is 1.23. The molecule has 0 spiro atoms. The third-order valence-corrected chi connectivity index (χ3v) is 7.61. The van der Waals surface area contributed by atoms with E-state index < -0.39 is 7.75 Å². The molecule has 176 valence electrons. The molecule has 1 N–H and O–H groups in total. The van der Waals surface area contributed by atoms with Gasteiger partial charge in [-0.05, 0) is 20.8 Å². The first kappa shape index (κ1) is 24.5. The summed E-state index contributed by atoms with van der Waals surface area (Å²) in [6.45, 7) is 10.1. The zero-order valence-electron chi connectivity index (χ0n) is 18.7. The molecule has 32 heavy (non-hydrogen) atoms. The number of carbonyl (C=O) groups is 1. The van der Waals surface area contributed by atoms with Crippen molar-refractivity contribution in [2.24, 2.45) is 0 Å². The van der Waals surface area contributed by atoms with E-state index in [1.165, 1.54) is 17.5 Å². The average Bonchev–Trinajstić information content (AvgIpc) is 3.20. The lowest BCUT2D eigenvalue weighted by atomic mass is 10.3. The summed E-state index contributed by atoms with van der Waals surface area (Å²) in [7, 11) is -3.27. The Bertz CT molecular complexity index is 955. The van der Waals surface area contributed by atoms with Crippen LogP contribution in [0, 0.1) is 6.92 Å². The van der Waals surface area contributed by atoms with Crippen LogP contribution in [-0.2, 0) is 18.4 Å². The van der Waals surface area contributed by atoms with Gasteiger partial charge in [-0.3, -0.25) is 13.8 Å². The smallest absolute Gasteiger partial charge is 0.408 e. The Balaban J connectivity index is 1.66. The standard InChI is InChI=1S/C19H29N6O5PS/c1-5-17(26)30-18-13-20-19(32-18)23-15-12-16(22-14(4)21-15)24-8-10-25(11-9-24)31(27,28-6-2)29-7-3/h12-13H,5-11H2,1-4H3,(H,20,21,22,23). The maximum atomic E-state index is 13.0. The van der Waals surface area contributed by atoms with Crippen LogP contribution in [0.4, 0.5) is 16.8 Å². The molecular weight excluding hydrogens is 455 g/mol. The fraction of sp³-hybridized carbons (Fsp3) is 0.579. The van der Waals surface area contributed by atoms with Gasteiger partial charge >= 0.3 is 13.7 Å². The molecule has 1 saturated heterocycles. The van der Waals surface area contributed by atoms with E-state index in [4.69, 9.17) is 13.8 Å². The van der Waals surface area contributed by atoms with Gasteiger partial charge in [0.05, 0.1) is 19.4 Å². The van der Waals surface area contributed by atoms with Gasteiger partial charge in [0.15, 0.2) is 5.13 Å². The predicted molar refractivity (Wildman–Crippen MR) is 123 cm³/mol. The number of nitrogens with one attached hydrogen (secondary N) is 1. The van der Waals surface area contributed by atoms with Crippen molar-refractivity contribution < 1.29 is 23.1 Å². The lowest BCUT2D eigenvalue weighted by molar-refractivity contribution is -0.133. The molecule has 1 aliphatic rings. The molecule has 13 heteroatoms. The molecule has 1 fully saturated rings. The number of ether oxygens (including phenoxy) is 1. The second-order valence-corrected chi connectivity index (χ2v) is 9.85. The van der Waals surface area contributed by atoms with E-state index in [2.05, 4.69) is 25.2 Å². The summed E-state index contributed by atoms with van der Waals surface area (Å²) < 4.78 is 30.9. The highest BCUT2D eigenvalue weighted by Crippen LogP contribution is 2.52. The largest absolute Gasteiger partial charge is 0.414 e. The SMILES string of the molecule is CCOP(=O)(OCC)N1CCN(c2cc(Nc3ncc(OC(=O)CC)s3)nc(C)n2)CC1. The fourth-order valence-corrected chi connectivity index (χ4v) is 5.55. The molecule has 3 rings (SSSR count). The molecule has 1 aliphatic heterocycles. The van der Waals surface area contributed by atoms with Crippen LogP contribution in [0.5, 0.6) is 5.06 Å². The number of hydrogen-bond donors (Lipinski definition) is 1. The number of aromatic nitrogens is 3. The van der Waals surface area contributed by atoms with Crippen LogP contribution in [0.3, 0.4) is 0 Å². The molecule has 11 nitrogen and oxygen atoms in total. The van der Waals surface area contributed by atoms with Gasteiger partial charge in [-0.25, -0.2) is 24.2 Å². The van der Waals surface area contributed by atoms with Crippen LogP contribution in [0.2, 0.25) is 0 Å². The number of thiazole rings is 1. The summed E-state index contributed by atoms with van der Waals surface area (Å²) in [6.07, 6.45) is 1.80. The normalized spacial score (nSPS) is 15.1. The minimum absolute atomic E-state index is 0.299. The zero-order valence-corrected chi connectivity index (χ0v) is 20.4. The minimum Gasteiger partial charge on any atom is -0.414 e. The van der Waals surface area contributed by atoms with Crippen molar-refractivity contribution in [2.75, 3.05) is 49.6 Å². The molecule has 0 aliphatic carbocycles. The van der Waals surface area contributed by atoms with Crippen molar-refractivity contribution in [3.05, 3.63) is 18.1 Å². The van der Waals surface area contributed by atoms with Crippen molar-refractivity contribution in [3.63, 3.8) is 0 Å². The van der Waals surface area contributed by atoms with Crippen molar-refractivity contribution in [2.45, 2.75) is 34.1 Å². The Hall–Kier alpha value is -2.11. The van der Waals surface area contributed by atoms with Crippen LogP contribution < -0.4 is 15.0 Å². The first-order valence-corrected chi connectivity index (χ1v) is 12.9. The second kappa shape index (κ2) is 11.2. The van der Waals surface area contributed by atoms with Gasteiger partial charge in [-0.1, -0.05) is 18.3 Å². The molecule has 2 aromatic rings. The van der Waals surface area contributed by atoms with Gasteiger partial charge in [-0.2, -0.15) is 0 Å². The quantitative estimate of drug-likeness (QED) is 0.393. The molecule has 2 aromatic heterocycles. The topological polar surface area (TPSA) is 119 Å². The molecule has 3 heterocycles. The number of carbonyl (C=O) groups excluding carboxylic acids is 1. The Labute approximate surface area is 191 Å². The van der Waals surface area contributed by atoms with Crippen LogP contribution in [0.25, 0.3) is 0 Å². The molecule has 0 atom stereocenters. The Morgan fingerprint density at radius 1 is 1.16 bits per heavy atom. The molecule has 0 saturated carbocycles. The summed E-state index contributed by atoms with van der Waals surface area (Å²) in [4.78, 5) is 26.8. The zero-order chi connectivity index (χ0) is 23.1. The van der Waals surface area contributed by atoms with E-state index in [0.717, 1.165) is 5.82 Å². The molecule has 0 unspecified atom stereocenters. The summed E-state index contributed by atoms with van der Waals surface area (Å²) in [5.41, 5.74) is 0. The number of esters is 1. The molecular formula is C19H29N6O5PS. The summed E-state index contributed by atoms with van der Waals surface area (Å²) in [5, 5.41) is 4.13. The number of nitrogens with zero attached hydrogens (tertiary/aromatic N) is 5. The molecule has 0 aromatic carbocycles. The lowest BCUT2D eigenvalue weighted by Gasteiger charge is -2.37. The molecule has 0 amide bonds. The third-order valence-electron chi connectivity index (χ3n) is 4.56. The van der Waals surface area contributed by atoms with Crippen LogP contribution in [0.1, 0.15) is 33.0 Å². The first-order chi connectivity index (χ1) is 15.4. The average molecular weight is 485 g/mol. The third kappa shape index (κ3) is 6.23. The van der Waals surface area contributed by atoms with E-state index in [1.54, 1.807) is 25.4 Å². The van der Waals surface area contributed by atoms with Crippen LogP contribution >= 0.6 is 19.1 Å². The molecule has 0 radical (unpaired) electrons. The van der Waals surface area contributed by atoms with Crippen molar-refractivity contribution in [1.82, 2.24) is 19.6 Å². The van der Waals surface area contributed by atoms with E-state index in [-0.39, 0.29) is 5.97 Å². The number of anilines is 3. The van der Waals surface area contributed by atoms with Gasteiger partial charge in [0.25, 0.3) is 0 Å². The van der Waals surface area contributed by atoms with E-state index >= 15 is 0 Å². The highest BCUT2D eigenvalue weighted by atomic mass is 32.1. The number of hydrogen-bond acceptors (Lipinski definition) is 11. The Morgan fingerprint density at radius 3 is 2.47 bits per heavy atom. The van der Waals surface area contributed by atoms with Gasteiger partial charge in [0, 0.05) is 38.7 Å². The maximum Gasteiger partial charge on any atom is 0.408 e. The Morgan fingerprint density at radius 2 is 1.84 bits per heavy atom. The predicted octanol–water partition coefficient (Wildman–Crippen LogP) is 3.60. The minimum atomic E-state index is -3.27. The van der Waals surface area contributed by atoms with Gasteiger partial charge < -0.3 is 15.0 Å². The summed E-state index contributed by atoms with van der Waals surface area (Å²) in [6, 6.07) is 1.84. The number of piperazine rings is 1. The van der Waals surface area contributed by atoms with Crippen LogP contribution in [-0.4, -0.2) is 65.0 Å². The molecule has 0 bridgehead atoms. The van der Waals surface area contributed by atoms with Gasteiger partial charge in [0.1, 0.15) is 17.5 Å².